The fourth-order valence-corrected chi connectivity index (χ4v) is 4.20. The highest BCUT2D eigenvalue weighted by Crippen LogP contribution is 2.25. The zero-order valence-electron chi connectivity index (χ0n) is 14.9. The lowest BCUT2D eigenvalue weighted by atomic mass is 10.1. The fraction of sp³-hybridized carbons (Fsp3) is 0.412. The summed E-state index contributed by atoms with van der Waals surface area (Å²) in [5, 5.41) is 0.830. The summed E-state index contributed by atoms with van der Waals surface area (Å²) in [7, 11) is -2.55. The maximum absolute atomic E-state index is 12.8. The summed E-state index contributed by atoms with van der Waals surface area (Å²) in [6, 6.07) is 5.92. The number of benzene rings is 1. The van der Waals surface area contributed by atoms with Gasteiger partial charge in [-0.15, -0.1) is 12.4 Å². The molecule has 7 nitrogen and oxygen atoms in total. The number of hydrogen-bond donors (Lipinski definition) is 2. The number of carbonyl (C=O) groups excluding carboxylic acids is 1. The SMILES string of the molecule is COC(=O)c1nccc2c(S(=O)(=O)NC(CN)CC(C)C)cccc12.Cl. The molecule has 1 atom stereocenters. The average Bonchev–Trinajstić information content (AvgIpc) is 2.58. The maximum Gasteiger partial charge on any atom is 0.357 e. The zero-order valence-corrected chi connectivity index (χ0v) is 16.6. The first kappa shape index (κ1) is 22.3. The van der Waals surface area contributed by atoms with Gasteiger partial charge in [-0.2, -0.15) is 0 Å². The monoisotopic (exact) mass is 401 g/mol. The smallest absolute Gasteiger partial charge is 0.357 e. The van der Waals surface area contributed by atoms with Crippen LogP contribution in [-0.4, -0.2) is 39.1 Å². The number of aromatic nitrogens is 1. The van der Waals surface area contributed by atoms with Crippen molar-refractivity contribution in [3.05, 3.63) is 36.2 Å². The van der Waals surface area contributed by atoms with Crippen LogP contribution in [0.3, 0.4) is 0 Å². The number of carbonyl (C=O) groups is 1. The fourth-order valence-electron chi connectivity index (χ4n) is 2.72. The Morgan fingerprint density at radius 1 is 1.27 bits per heavy atom. The highest BCUT2D eigenvalue weighted by molar-refractivity contribution is 7.89. The quantitative estimate of drug-likeness (QED) is 0.687. The van der Waals surface area contributed by atoms with Crippen LogP contribution in [0.5, 0.6) is 0 Å². The highest BCUT2D eigenvalue weighted by Gasteiger charge is 2.23. The molecule has 0 aliphatic heterocycles. The summed E-state index contributed by atoms with van der Waals surface area (Å²) in [4.78, 5) is 16.0. The number of nitrogens with two attached hydrogens (primary N) is 1. The average molecular weight is 402 g/mol. The molecule has 1 heterocycles. The second-order valence-electron chi connectivity index (χ2n) is 6.19. The molecule has 1 unspecified atom stereocenters. The first-order chi connectivity index (χ1) is 11.8. The van der Waals surface area contributed by atoms with Gasteiger partial charge in [0.2, 0.25) is 10.0 Å². The minimum absolute atomic E-state index is 0. The van der Waals surface area contributed by atoms with Crippen LogP contribution in [0, 0.1) is 5.92 Å². The van der Waals surface area contributed by atoms with Crippen molar-refractivity contribution in [1.29, 1.82) is 0 Å². The van der Waals surface area contributed by atoms with Gasteiger partial charge in [-0.05, 0) is 24.5 Å². The van der Waals surface area contributed by atoms with E-state index in [1.54, 1.807) is 18.2 Å². The molecule has 0 amide bonds. The summed E-state index contributed by atoms with van der Waals surface area (Å²) < 4.78 is 33.1. The third kappa shape index (κ3) is 4.91. The van der Waals surface area contributed by atoms with Gasteiger partial charge >= 0.3 is 5.97 Å². The van der Waals surface area contributed by atoms with Crippen molar-refractivity contribution < 1.29 is 17.9 Å². The number of fused-ring (bicyclic) bond motifs is 1. The topological polar surface area (TPSA) is 111 Å². The van der Waals surface area contributed by atoms with Gasteiger partial charge in [-0.25, -0.2) is 22.9 Å². The van der Waals surface area contributed by atoms with Gasteiger partial charge in [0.25, 0.3) is 0 Å². The van der Waals surface area contributed by atoms with Crippen molar-refractivity contribution in [1.82, 2.24) is 9.71 Å². The van der Waals surface area contributed by atoms with Crippen LogP contribution in [0.2, 0.25) is 0 Å². The van der Waals surface area contributed by atoms with E-state index in [2.05, 4.69) is 9.71 Å². The molecule has 26 heavy (non-hydrogen) atoms. The van der Waals surface area contributed by atoms with Gasteiger partial charge in [-0.3, -0.25) is 0 Å². The van der Waals surface area contributed by atoms with Crippen LogP contribution < -0.4 is 10.5 Å². The third-order valence-electron chi connectivity index (χ3n) is 3.80. The lowest BCUT2D eigenvalue weighted by Gasteiger charge is -2.19. The highest BCUT2D eigenvalue weighted by atomic mass is 35.5. The molecule has 3 N–H and O–H groups in total. The molecular formula is C17H24ClN3O4S. The van der Waals surface area contributed by atoms with Crippen molar-refractivity contribution >= 4 is 39.2 Å². The van der Waals surface area contributed by atoms with E-state index in [9.17, 15) is 13.2 Å². The van der Waals surface area contributed by atoms with E-state index < -0.39 is 16.0 Å². The van der Waals surface area contributed by atoms with Crippen LogP contribution in [0.1, 0.15) is 30.8 Å². The second kappa shape index (κ2) is 9.27. The molecule has 1 aromatic heterocycles. The predicted octanol–water partition coefficient (Wildman–Crippen LogP) is 2.09. The number of hydrogen-bond acceptors (Lipinski definition) is 6. The number of methoxy groups -OCH3 is 1. The van der Waals surface area contributed by atoms with Crippen molar-refractivity contribution in [2.24, 2.45) is 11.7 Å². The Kier molecular flexibility index (Phi) is 7.95. The number of nitrogens with zero attached hydrogens (tertiary/aromatic N) is 1. The van der Waals surface area contributed by atoms with E-state index in [-0.39, 0.29) is 35.6 Å². The molecule has 0 aliphatic carbocycles. The molecule has 0 radical (unpaired) electrons. The molecular weight excluding hydrogens is 378 g/mol. The normalized spacial score (nSPS) is 12.7. The number of halogens is 1. The summed E-state index contributed by atoms with van der Waals surface area (Å²) in [6.07, 6.45) is 2.03. The largest absolute Gasteiger partial charge is 0.464 e. The Morgan fingerprint density at radius 3 is 2.54 bits per heavy atom. The van der Waals surface area contributed by atoms with Crippen molar-refractivity contribution in [3.8, 4) is 0 Å². The molecule has 0 fully saturated rings. The predicted molar refractivity (Wildman–Crippen MR) is 103 cm³/mol. The molecule has 0 saturated heterocycles. The second-order valence-corrected chi connectivity index (χ2v) is 7.87. The zero-order chi connectivity index (χ0) is 18.6. The standard InChI is InChI=1S/C17H23N3O4S.ClH/c1-11(2)9-12(10-18)20-25(22,23)15-6-4-5-14-13(15)7-8-19-16(14)17(21)24-3;/h4-8,11-12,20H,9-10,18H2,1-3H3;1H. The van der Waals surface area contributed by atoms with Crippen molar-refractivity contribution in [3.63, 3.8) is 0 Å². The van der Waals surface area contributed by atoms with Crippen molar-refractivity contribution in [2.45, 2.75) is 31.2 Å². The first-order valence-corrected chi connectivity index (χ1v) is 9.47. The summed E-state index contributed by atoms with van der Waals surface area (Å²) in [5.41, 5.74) is 5.78. The van der Waals surface area contributed by atoms with Gasteiger partial charge in [0, 0.05) is 29.6 Å². The first-order valence-electron chi connectivity index (χ1n) is 7.98. The summed E-state index contributed by atoms with van der Waals surface area (Å²) in [5.74, 6) is -0.313. The Balaban J connectivity index is 0.00000338. The summed E-state index contributed by atoms with van der Waals surface area (Å²) in [6.45, 7) is 4.21. The number of pyridine rings is 1. The Labute approximate surface area is 159 Å². The molecule has 9 heteroatoms. The number of sulfonamides is 1. The van der Waals surface area contributed by atoms with Gasteiger partial charge < -0.3 is 10.5 Å². The van der Waals surface area contributed by atoms with E-state index in [1.165, 1.54) is 19.4 Å². The van der Waals surface area contributed by atoms with Crippen molar-refractivity contribution in [2.75, 3.05) is 13.7 Å². The van der Waals surface area contributed by atoms with Crippen LogP contribution >= 0.6 is 12.4 Å². The molecule has 144 valence electrons. The number of rotatable bonds is 7. The molecule has 2 rings (SSSR count). The van der Waals surface area contributed by atoms with Crippen LogP contribution in [0.4, 0.5) is 0 Å². The number of esters is 1. The molecule has 0 spiro atoms. The molecule has 0 aliphatic rings. The molecule has 0 saturated carbocycles. The molecule has 2 aromatic rings. The molecule has 1 aromatic carbocycles. The maximum atomic E-state index is 12.8. The summed E-state index contributed by atoms with van der Waals surface area (Å²) >= 11 is 0. The Morgan fingerprint density at radius 2 is 1.96 bits per heavy atom. The minimum Gasteiger partial charge on any atom is -0.464 e. The van der Waals surface area contributed by atoms with Crippen LogP contribution in [0.15, 0.2) is 35.4 Å². The van der Waals surface area contributed by atoms with Crippen LogP contribution in [0.25, 0.3) is 10.8 Å². The lowest BCUT2D eigenvalue weighted by Crippen LogP contribution is -2.41. The van der Waals surface area contributed by atoms with Gasteiger partial charge in [-0.1, -0.05) is 26.0 Å². The minimum atomic E-state index is -3.80. The van der Waals surface area contributed by atoms with E-state index in [0.717, 1.165) is 0 Å². The third-order valence-corrected chi connectivity index (χ3v) is 5.38. The number of nitrogens with one attached hydrogen (secondary N) is 1. The van der Waals surface area contributed by atoms with Gasteiger partial charge in [0.1, 0.15) is 0 Å². The van der Waals surface area contributed by atoms with Gasteiger partial charge in [0.05, 0.1) is 12.0 Å². The van der Waals surface area contributed by atoms with Crippen LogP contribution in [-0.2, 0) is 14.8 Å². The van der Waals surface area contributed by atoms with E-state index >= 15 is 0 Å². The number of ether oxygens (including phenoxy) is 1. The van der Waals surface area contributed by atoms with E-state index in [1.807, 2.05) is 13.8 Å². The lowest BCUT2D eigenvalue weighted by molar-refractivity contribution is 0.0596. The Hall–Kier alpha value is -1.74. The van der Waals surface area contributed by atoms with E-state index in [0.29, 0.717) is 23.1 Å². The van der Waals surface area contributed by atoms with E-state index in [4.69, 9.17) is 10.5 Å². The molecule has 0 bridgehead atoms. The van der Waals surface area contributed by atoms with Gasteiger partial charge in [0.15, 0.2) is 5.69 Å². The Bertz CT molecular complexity index is 871.